The van der Waals surface area contributed by atoms with Crippen molar-refractivity contribution in [3.05, 3.63) is 27.6 Å². The minimum atomic E-state index is -0.208. The molecule has 2 atom stereocenters. The average Bonchev–Trinajstić information content (AvgIpc) is 2.27. The SMILES string of the molecule is CC1CSC(Nc2ccc(F)cc2I)=NC1C. The quantitative estimate of drug-likeness (QED) is 0.763. The molecule has 0 fully saturated rings. The molecule has 0 saturated heterocycles. The van der Waals surface area contributed by atoms with Crippen LogP contribution in [0, 0.1) is 15.3 Å². The number of aliphatic imine (C=N–C) groups is 1. The van der Waals surface area contributed by atoms with Crippen LogP contribution in [-0.2, 0) is 0 Å². The molecule has 1 aromatic carbocycles. The number of nitrogens with one attached hydrogen (secondary N) is 1. The molecule has 0 bridgehead atoms. The first-order chi connectivity index (χ1) is 8.06. The van der Waals surface area contributed by atoms with Gasteiger partial charge in [0.1, 0.15) is 5.82 Å². The third kappa shape index (κ3) is 3.34. The van der Waals surface area contributed by atoms with Crippen LogP contribution in [-0.4, -0.2) is 17.0 Å². The van der Waals surface area contributed by atoms with E-state index in [-0.39, 0.29) is 5.82 Å². The van der Waals surface area contributed by atoms with Crippen molar-refractivity contribution in [2.45, 2.75) is 19.9 Å². The topological polar surface area (TPSA) is 24.4 Å². The summed E-state index contributed by atoms with van der Waals surface area (Å²) in [5, 5.41) is 4.20. The van der Waals surface area contributed by atoms with E-state index in [1.807, 2.05) is 0 Å². The van der Waals surface area contributed by atoms with E-state index < -0.39 is 0 Å². The minimum absolute atomic E-state index is 0.208. The molecule has 92 valence electrons. The number of halogens is 2. The van der Waals surface area contributed by atoms with Gasteiger partial charge >= 0.3 is 0 Å². The van der Waals surface area contributed by atoms with Gasteiger partial charge in [-0.1, -0.05) is 18.7 Å². The highest BCUT2D eigenvalue weighted by Crippen LogP contribution is 2.26. The van der Waals surface area contributed by atoms with Crippen LogP contribution in [0.15, 0.2) is 23.2 Å². The van der Waals surface area contributed by atoms with Crippen molar-refractivity contribution < 1.29 is 4.39 Å². The molecule has 0 aromatic heterocycles. The van der Waals surface area contributed by atoms with Gasteiger partial charge in [0.2, 0.25) is 0 Å². The molecule has 1 aromatic rings. The number of amidine groups is 1. The van der Waals surface area contributed by atoms with E-state index in [1.54, 1.807) is 17.8 Å². The van der Waals surface area contributed by atoms with Gasteiger partial charge in [-0.05, 0) is 53.6 Å². The molecule has 0 aliphatic carbocycles. The highest BCUT2D eigenvalue weighted by molar-refractivity contribution is 14.1. The van der Waals surface area contributed by atoms with Crippen molar-refractivity contribution in [2.24, 2.45) is 10.9 Å². The predicted molar refractivity (Wildman–Crippen MR) is 81.3 cm³/mol. The van der Waals surface area contributed by atoms with Crippen molar-refractivity contribution in [2.75, 3.05) is 11.1 Å². The number of nitrogens with zero attached hydrogens (tertiary/aromatic N) is 1. The summed E-state index contributed by atoms with van der Waals surface area (Å²) in [4.78, 5) is 4.59. The summed E-state index contributed by atoms with van der Waals surface area (Å²) in [6.07, 6.45) is 0. The zero-order valence-corrected chi connectivity index (χ0v) is 12.7. The van der Waals surface area contributed by atoms with Crippen LogP contribution in [0.5, 0.6) is 0 Å². The number of hydrogen-bond acceptors (Lipinski definition) is 3. The summed E-state index contributed by atoms with van der Waals surface area (Å²) >= 11 is 3.85. The van der Waals surface area contributed by atoms with E-state index in [4.69, 9.17) is 0 Å². The number of anilines is 1. The Bertz CT molecular complexity index is 450. The zero-order chi connectivity index (χ0) is 12.4. The van der Waals surface area contributed by atoms with Gasteiger partial charge in [0.25, 0.3) is 0 Å². The van der Waals surface area contributed by atoms with Crippen LogP contribution < -0.4 is 5.32 Å². The summed E-state index contributed by atoms with van der Waals surface area (Å²) in [6, 6.07) is 5.08. The lowest BCUT2D eigenvalue weighted by atomic mass is 10.1. The molecule has 0 radical (unpaired) electrons. The van der Waals surface area contributed by atoms with Gasteiger partial charge < -0.3 is 5.32 Å². The monoisotopic (exact) mass is 364 g/mol. The first-order valence-corrected chi connectivity index (χ1v) is 7.55. The van der Waals surface area contributed by atoms with E-state index in [0.29, 0.717) is 12.0 Å². The number of thioether (sulfide) groups is 1. The number of rotatable bonds is 1. The van der Waals surface area contributed by atoms with Crippen molar-refractivity contribution in [3.8, 4) is 0 Å². The van der Waals surface area contributed by atoms with Gasteiger partial charge in [0.05, 0.1) is 11.7 Å². The Kier molecular flexibility index (Phi) is 4.30. The second kappa shape index (κ2) is 5.56. The Labute approximate surface area is 119 Å². The molecule has 0 spiro atoms. The number of hydrogen-bond donors (Lipinski definition) is 1. The van der Waals surface area contributed by atoms with Crippen LogP contribution >= 0.6 is 34.4 Å². The largest absolute Gasteiger partial charge is 0.334 e. The maximum atomic E-state index is 13.0. The van der Waals surface area contributed by atoms with Gasteiger partial charge in [0.15, 0.2) is 5.17 Å². The predicted octanol–water partition coefficient (Wildman–Crippen LogP) is 3.97. The summed E-state index contributed by atoms with van der Waals surface area (Å²) in [7, 11) is 0. The Hall–Kier alpha value is -0.300. The Morgan fingerprint density at radius 3 is 2.88 bits per heavy atom. The highest BCUT2D eigenvalue weighted by Gasteiger charge is 2.19. The third-order valence-electron chi connectivity index (χ3n) is 2.80. The fourth-order valence-electron chi connectivity index (χ4n) is 1.47. The Morgan fingerprint density at radius 2 is 2.24 bits per heavy atom. The van der Waals surface area contributed by atoms with Crippen molar-refractivity contribution in [3.63, 3.8) is 0 Å². The molecule has 1 aliphatic heterocycles. The van der Waals surface area contributed by atoms with E-state index in [2.05, 4.69) is 46.7 Å². The fraction of sp³-hybridized carbons (Fsp3) is 0.417. The van der Waals surface area contributed by atoms with Crippen LogP contribution in [0.4, 0.5) is 10.1 Å². The maximum absolute atomic E-state index is 13.0. The van der Waals surface area contributed by atoms with Crippen molar-refractivity contribution in [1.29, 1.82) is 0 Å². The normalized spacial score (nSPS) is 24.4. The highest BCUT2D eigenvalue weighted by atomic mass is 127. The maximum Gasteiger partial charge on any atom is 0.161 e. The summed E-state index contributed by atoms with van der Waals surface area (Å²) < 4.78 is 13.8. The van der Waals surface area contributed by atoms with Crippen LogP contribution in [0.2, 0.25) is 0 Å². The molecule has 2 nitrogen and oxygen atoms in total. The minimum Gasteiger partial charge on any atom is -0.334 e. The second-order valence-corrected chi connectivity index (χ2v) is 6.38. The fourth-order valence-corrected chi connectivity index (χ4v) is 3.21. The van der Waals surface area contributed by atoms with Gasteiger partial charge in [-0.25, -0.2) is 4.39 Å². The zero-order valence-electron chi connectivity index (χ0n) is 9.71. The summed E-state index contributed by atoms with van der Waals surface area (Å²) in [5.41, 5.74) is 0.917. The summed E-state index contributed by atoms with van der Waals surface area (Å²) in [5.74, 6) is 1.48. The molecule has 17 heavy (non-hydrogen) atoms. The first kappa shape index (κ1) is 13.1. The molecule has 0 amide bonds. The molecule has 1 heterocycles. The van der Waals surface area contributed by atoms with Gasteiger partial charge in [0, 0.05) is 9.32 Å². The first-order valence-electron chi connectivity index (χ1n) is 5.49. The second-order valence-electron chi connectivity index (χ2n) is 4.21. The van der Waals surface area contributed by atoms with E-state index in [9.17, 15) is 4.39 Å². The molecular formula is C12H14FIN2S. The molecule has 2 rings (SSSR count). The van der Waals surface area contributed by atoms with Gasteiger partial charge in [-0.3, -0.25) is 4.99 Å². The molecule has 1 N–H and O–H groups in total. The van der Waals surface area contributed by atoms with Crippen LogP contribution in [0.25, 0.3) is 0 Å². The summed E-state index contributed by atoms with van der Waals surface area (Å²) in [6.45, 7) is 4.33. The molecule has 5 heteroatoms. The average molecular weight is 364 g/mol. The standard InChI is InChI=1S/C12H14FIN2S/c1-7-6-17-12(15-8(7)2)16-11-4-3-9(13)5-10(11)14/h3-5,7-8H,6H2,1-2H3,(H,15,16). The number of benzene rings is 1. The molecule has 2 unspecified atom stereocenters. The van der Waals surface area contributed by atoms with E-state index >= 15 is 0 Å². The third-order valence-corrected chi connectivity index (χ3v) is 4.87. The van der Waals surface area contributed by atoms with Crippen LogP contribution in [0.1, 0.15) is 13.8 Å². The molecule has 0 saturated carbocycles. The van der Waals surface area contributed by atoms with Crippen LogP contribution in [0.3, 0.4) is 0 Å². The smallest absolute Gasteiger partial charge is 0.161 e. The molecular weight excluding hydrogens is 350 g/mol. The van der Waals surface area contributed by atoms with Gasteiger partial charge in [-0.2, -0.15) is 0 Å². The molecule has 1 aliphatic rings. The van der Waals surface area contributed by atoms with Gasteiger partial charge in [-0.15, -0.1) is 0 Å². The lowest BCUT2D eigenvalue weighted by Crippen LogP contribution is -2.25. The lowest BCUT2D eigenvalue weighted by molar-refractivity contribution is 0.537. The van der Waals surface area contributed by atoms with E-state index in [1.165, 1.54) is 12.1 Å². The van der Waals surface area contributed by atoms with E-state index in [0.717, 1.165) is 20.2 Å². The Morgan fingerprint density at radius 1 is 1.47 bits per heavy atom. The van der Waals surface area contributed by atoms with Crippen molar-refractivity contribution in [1.82, 2.24) is 0 Å². The van der Waals surface area contributed by atoms with Crippen molar-refractivity contribution >= 4 is 45.2 Å². The Balaban J connectivity index is 2.13. The lowest BCUT2D eigenvalue weighted by Gasteiger charge is -2.24.